The molecule has 43 heavy (non-hydrogen) atoms. The minimum atomic E-state index is -0.0129. The number of halogens is 2. The summed E-state index contributed by atoms with van der Waals surface area (Å²) in [7, 11) is 1.74. The molecular weight excluding hydrogens is 575 g/mol. The number of hydrogen-bond acceptors (Lipinski definition) is 5. The Balaban J connectivity index is 0.000000641. The molecule has 4 aromatic rings. The van der Waals surface area contributed by atoms with Crippen molar-refractivity contribution in [2.75, 3.05) is 20.2 Å². The van der Waals surface area contributed by atoms with Crippen molar-refractivity contribution in [3.05, 3.63) is 120 Å². The zero-order valence-electron chi connectivity index (χ0n) is 24.9. The summed E-state index contributed by atoms with van der Waals surface area (Å²) in [5, 5.41) is 4.40. The molecule has 3 aromatic carbocycles. The molecule has 0 bridgehead atoms. The van der Waals surface area contributed by atoms with Gasteiger partial charge < -0.3 is 4.74 Å². The Morgan fingerprint density at radius 3 is 2.19 bits per heavy atom. The number of methoxy groups -OCH3 is 1. The van der Waals surface area contributed by atoms with Gasteiger partial charge in [0.15, 0.2) is 0 Å². The van der Waals surface area contributed by atoms with E-state index in [0.29, 0.717) is 6.04 Å². The summed E-state index contributed by atoms with van der Waals surface area (Å²) in [5.74, 6) is 0. The monoisotopic (exact) mass is 614 g/mol. The second kappa shape index (κ2) is 17.1. The molecule has 1 fully saturated rings. The zero-order chi connectivity index (χ0) is 30.4. The summed E-state index contributed by atoms with van der Waals surface area (Å²) in [6.45, 7) is 8.28. The van der Waals surface area contributed by atoms with Gasteiger partial charge in [-0.05, 0) is 50.1 Å². The minimum absolute atomic E-state index is 0.0129. The van der Waals surface area contributed by atoms with Crippen LogP contribution < -0.4 is 5.32 Å². The quantitative estimate of drug-likeness (QED) is 0.143. The molecule has 1 aliphatic rings. The van der Waals surface area contributed by atoms with Gasteiger partial charge in [-0.15, -0.1) is 0 Å². The largest absolute Gasteiger partial charge is 0.366 e. The number of ether oxygens (including phenoxy) is 1. The fourth-order valence-electron chi connectivity index (χ4n) is 5.19. The van der Waals surface area contributed by atoms with E-state index in [1.54, 1.807) is 24.8 Å². The highest BCUT2D eigenvalue weighted by Crippen LogP contribution is 2.31. The first-order chi connectivity index (χ1) is 21.0. The highest BCUT2D eigenvalue weighted by atomic mass is 35.5. The minimum Gasteiger partial charge on any atom is -0.366 e. The Morgan fingerprint density at radius 1 is 1.00 bits per heavy atom. The molecule has 0 radical (unpaired) electrons. The first-order valence-electron chi connectivity index (χ1n) is 14.6. The lowest BCUT2D eigenvalue weighted by atomic mass is 10.0. The van der Waals surface area contributed by atoms with E-state index in [4.69, 9.17) is 37.9 Å². The topological polar surface area (TPSA) is 50.3 Å². The molecule has 1 saturated heterocycles. The van der Waals surface area contributed by atoms with Gasteiger partial charge in [0.05, 0.1) is 22.4 Å². The number of para-hydroxylation sites is 2. The van der Waals surface area contributed by atoms with Gasteiger partial charge in [-0.2, -0.15) is 0 Å². The molecule has 0 spiro atoms. The molecule has 1 aliphatic heterocycles. The molecule has 0 amide bonds. The summed E-state index contributed by atoms with van der Waals surface area (Å²) in [4.78, 5) is 12.5. The smallest absolute Gasteiger partial charge is 0.111 e. The van der Waals surface area contributed by atoms with Crippen molar-refractivity contribution >= 4 is 34.2 Å². The van der Waals surface area contributed by atoms with Crippen LogP contribution in [0.4, 0.5) is 0 Å². The van der Waals surface area contributed by atoms with Gasteiger partial charge in [-0.3, -0.25) is 10.2 Å². The molecule has 5 nitrogen and oxygen atoms in total. The number of piperidine rings is 1. The number of nitrogens with one attached hydrogen (secondary N) is 1. The molecule has 1 N–H and O–H groups in total. The molecule has 1 aromatic heterocycles. The third-order valence-electron chi connectivity index (χ3n) is 7.25. The van der Waals surface area contributed by atoms with Gasteiger partial charge in [0, 0.05) is 54.4 Å². The SMILES string of the molecule is C=C/C=C(\C)Cl.COC(C/C=C/Cl)N[C@@H]1CCCN(Cc2ccc(-c3nc4ccccc4nc3-c3ccccc3)cc2)C1. The molecule has 224 valence electrons. The Labute approximate surface area is 265 Å². The van der Waals surface area contributed by atoms with E-state index in [9.17, 15) is 0 Å². The van der Waals surface area contributed by atoms with Gasteiger partial charge in [0.1, 0.15) is 6.23 Å². The van der Waals surface area contributed by atoms with E-state index in [-0.39, 0.29) is 6.23 Å². The second-order valence-electron chi connectivity index (χ2n) is 10.5. The highest BCUT2D eigenvalue weighted by molar-refractivity contribution is 6.29. The van der Waals surface area contributed by atoms with E-state index in [1.165, 1.54) is 12.0 Å². The predicted octanol–water partition coefficient (Wildman–Crippen LogP) is 8.95. The van der Waals surface area contributed by atoms with Crippen molar-refractivity contribution in [3.8, 4) is 22.5 Å². The van der Waals surface area contributed by atoms with Crippen LogP contribution in [0.15, 0.2) is 114 Å². The lowest BCUT2D eigenvalue weighted by molar-refractivity contribution is 0.0502. The number of likely N-dealkylation sites (tertiary alicyclic amines) is 1. The average Bonchev–Trinajstić information content (AvgIpc) is 3.03. The summed E-state index contributed by atoms with van der Waals surface area (Å²) in [6.07, 6.45) is 8.40. The first-order valence-corrected chi connectivity index (χ1v) is 15.4. The van der Waals surface area contributed by atoms with E-state index in [0.717, 1.165) is 71.1 Å². The van der Waals surface area contributed by atoms with Gasteiger partial charge in [-0.1, -0.05) is 109 Å². The Bertz CT molecular complexity index is 1500. The van der Waals surface area contributed by atoms with Crippen molar-refractivity contribution in [2.45, 2.75) is 45.0 Å². The number of nitrogens with zero attached hydrogens (tertiary/aromatic N) is 3. The van der Waals surface area contributed by atoms with Crippen molar-refractivity contribution in [2.24, 2.45) is 0 Å². The predicted molar refractivity (Wildman–Crippen MR) is 182 cm³/mol. The summed E-state index contributed by atoms with van der Waals surface area (Å²) < 4.78 is 5.58. The van der Waals surface area contributed by atoms with Gasteiger partial charge >= 0.3 is 0 Å². The van der Waals surface area contributed by atoms with Gasteiger partial charge in [0.2, 0.25) is 0 Å². The number of fused-ring (bicyclic) bond motifs is 1. The Morgan fingerprint density at radius 2 is 1.63 bits per heavy atom. The summed E-state index contributed by atoms with van der Waals surface area (Å²) >= 11 is 11.1. The third-order valence-corrected chi connectivity index (χ3v) is 7.55. The van der Waals surface area contributed by atoms with Crippen LogP contribution >= 0.6 is 23.2 Å². The maximum Gasteiger partial charge on any atom is 0.111 e. The summed E-state index contributed by atoms with van der Waals surface area (Å²) in [6, 6.07) is 27.6. The maximum absolute atomic E-state index is 5.69. The Kier molecular flexibility index (Phi) is 13.0. The van der Waals surface area contributed by atoms with Crippen LogP contribution in [0, 0.1) is 0 Å². The van der Waals surface area contributed by atoms with Gasteiger partial charge in [0.25, 0.3) is 0 Å². The van der Waals surface area contributed by atoms with E-state index < -0.39 is 0 Å². The van der Waals surface area contributed by atoms with Crippen molar-refractivity contribution in [3.63, 3.8) is 0 Å². The standard InChI is InChI=1S/C31H33ClN4O.C5H7Cl/c1-37-29(14-7-19-32)33-26-11-8-20-36(22-26)21-23-15-17-25(18-16-23)31-30(24-9-3-2-4-10-24)34-27-12-5-6-13-28(27)35-31;1-3-4-5(2)6/h2-7,9-10,12-13,15-19,26,29,33H,8,11,14,20-22H2,1H3;3-4H,1H2,2H3/b19-7+;5-4+/t26-,29?;/m1./s1. The van der Waals surface area contributed by atoms with Crippen molar-refractivity contribution in [1.29, 1.82) is 0 Å². The molecule has 0 aliphatic carbocycles. The molecule has 1 unspecified atom stereocenters. The number of aromatic nitrogens is 2. The normalized spacial score (nSPS) is 16.6. The molecule has 5 rings (SSSR count). The van der Waals surface area contributed by atoms with Crippen molar-refractivity contribution in [1.82, 2.24) is 20.2 Å². The molecule has 2 heterocycles. The van der Waals surface area contributed by atoms with Crippen LogP contribution in [0.3, 0.4) is 0 Å². The zero-order valence-corrected chi connectivity index (χ0v) is 26.4. The summed E-state index contributed by atoms with van der Waals surface area (Å²) in [5.41, 5.74) is 8.64. The van der Waals surface area contributed by atoms with E-state index >= 15 is 0 Å². The number of hydrogen-bond donors (Lipinski definition) is 1. The van der Waals surface area contributed by atoms with Crippen LogP contribution in [0.1, 0.15) is 31.7 Å². The van der Waals surface area contributed by atoms with Crippen LogP contribution in [0.2, 0.25) is 0 Å². The lowest BCUT2D eigenvalue weighted by Crippen LogP contribution is -2.49. The molecule has 2 atom stereocenters. The van der Waals surface area contributed by atoms with E-state index in [2.05, 4.69) is 53.2 Å². The first kappa shape index (κ1) is 32.6. The number of benzene rings is 3. The highest BCUT2D eigenvalue weighted by Gasteiger charge is 2.22. The number of rotatable bonds is 10. The second-order valence-corrected chi connectivity index (χ2v) is 11.4. The molecule has 7 heteroatoms. The lowest BCUT2D eigenvalue weighted by Gasteiger charge is -2.35. The van der Waals surface area contributed by atoms with Crippen molar-refractivity contribution < 1.29 is 4.74 Å². The van der Waals surface area contributed by atoms with E-state index in [1.807, 2.05) is 55.5 Å². The third kappa shape index (κ3) is 9.85. The van der Waals surface area contributed by atoms with Crippen LogP contribution in [0.5, 0.6) is 0 Å². The fourth-order valence-corrected chi connectivity index (χ4v) is 5.38. The fraction of sp³-hybridized carbons (Fsp3) is 0.278. The van der Waals surface area contributed by atoms with Crippen LogP contribution in [0.25, 0.3) is 33.5 Å². The Hall–Kier alpha value is -3.32. The maximum atomic E-state index is 5.69. The number of allylic oxidation sites excluding steroid dienone is 3. The molecular formula is C36H40Cl2N4O. The average molecular weight is 616 g/mol. The molecule has 0 saturated carbocycles. The van der Waals surface area contributed by atoms with Gasteiger partial charge in [-0.25, -0.2) is 9.97 Å². The van der Waals surface area contributed by atoms with Crippen LogP contribution in [-0.2, 0) is 11.3 Å². The van der Waals surface area contributed by atoms with Crippen LogP contribution in [-0.4, -0.2) is 47.3 Å².